The van der Waals surface area contributed by atoms with Crippen LogP contribution in [0.4, 0.5) is 5.69 Å². The van der Waals surface area contributed by atoms with E-state index in [9.17, 15) is 19.5 Å². The van der Waals surface area contributed by atoms with Crippen molar-refractivity contribution in [1.82, 2.24) is 5.32 Å². The highest BCUT2D eigenvalue weighted by Gasteiger charge is 2.44. The van der Waals surface area contributed by atoms with E-state index in [4.69, 9.17) is 9.47 Å². The maximum Gasteiger partial charge on any atom is 0.329 e. The topological polar surface area (TPSA) is 105 Å². The average molecular weight is 374 g/mol. The van der Waals surface area contributed by atoms with Crippen LogP contribution < -0.4 is 19.7 Å². The summed E-state index contributed by atoms with van der Waals surface area (Å²) in [6, 6.07) is 5.21. The zero-order valence-electron chi connectivity index (χ0n) is 14.9. The normalized spacial score (nSPS) is 23.3. The second-order valence-electron chi connectivity index (χ2n) is 7.38. The van der Waals surface area contributed by atoms with Crippen LogP contribution in [0.2, 0.25) is 0 Å². The molecule has 2 heterocycles. The number of hydrogen-bond donors (Lipinski definition) is 2. The average Bonchev–Trinajstić information content (AvgIpc) is 3.28. The zero-order valence-corrected chi connectivity index (χ0v) is 14.9. The third-order valence-corrected chi connectivity index (χ3v) is 5.64. The number of fused-ring (bicyclic) bond motifs is 1. The molecule has 0 spiro atoms. The van der Waals surface area contributed by atoms with E-state index in [1.807, 2.05) is 0 Å². The molecule has 1 aromatic carbocycles. The quantitative estimate of drug-likeness (QED) is 0.831. The van der Waals surface area contributed by atoms with Gasteiger partial charge in [-0.2, -0.15) is 0 Å². The first-order chi connectivity index (χ1) is 13.0. The van der Waals surface area contributed by atoms with Crippen molar-refractivity contribution in [2.24, 2.45) is 5.92 Å². The van der Waals surface area contributed by atoms with Crippen LogP contribution in [-0.2, 0) is 14.4 Å². The lowest BCUT2D eigenvalue weighted by Crippen LogP contribution is -2.57. The second-order valence-corrected chi connectivity index (χ2v) is 7.38. The van der Waals surface area contributed by atoms with Crippen molar-refractivity contribution in [3.05, 3.63) is 18.2 Å². The molecule has 1 atom stereocenters. The molecule has 27 heavy (non-hydrogen) atoms. The van der Waals surface area contributed by atoms with Gasteiger partial charge in [0.15, 0.2) is 11.5 Å². The number of nitrogens with zero attached hydrogens (tertiary/aromatic N) is 1. The highest BCUT2D eigenvalue weighted by molar-refractivity contribution is 6.01. The van der Waals surface area contributed by atoms with Gasteiger partial charge in [-0.15, -0.1) is 0 Å². The number of amides is 2. The molecule has 0 aromatic heterocycles. The fraction of sp³-hybridized carbons (Fsp3) is 0.526. The number of aliphatic carboxylic acids is 1. The van der Waals surface area contributed by atoms with E-state index in [0.717, 1.165) is 19.3 Å². The Morgan fingerprint density at radius 3 is 2.63 bits per heavy atom. The van der Waals surface area contributed by atoms with Crippen LogP contribution in [0.25, 0.3) is 0 Å². The van der Waals surface area contributed by atoms with Crippen LogP contribution in [0.5, 0.6) is 11.5 Å². The summed E-state index contributed by atoms with van der Waals surface area (Å²) in [7, 11) is 0. The number of benzene rings is 1. The Labute approximate surface area is 156 Å². The number of hydrogen-bond acceptors (Lipinski definition) is 5. The van der Waals surface area contributed by atoms with Crippen LogP contribution in [0, 0.1) is 5.92 Å². The van der Waals surface area contributed by atoms with Crippen molar-refractivity contribution in [3.8, 4) is 11.5 Å². The Balaban J connectivity index is 1.47. The molecule has 1 aromatic rings. The van der Waals surface area contributed by atoms with Gasteiger partial charge in [-0.3, -0.25) is 9.59 Å². The van der Waals surface area contributed by atoms with Crippen molar-refractivity contribution in [2.45, 2.75) is 44.1 Å². The Morgan fingerprint density at radius 2 is 1.89 bits per heavy atom. The van der Waals surface area contributed by atoms with Gasteiger partial charge >= 0.3 is 5.97 Å². The minimum Gasteiger partial charge on any atom is -0.480 e. The smallest absolute Gasteiger partial charge is 0.329 e. The van der Waals surface area contributed by atoms with Crippen molar-refractivity contribution >= 4 is 23.5 Å². The van der Waals surface area contributed by atoms with Gasteiger partial charge in [0, 0.05) is 24.7 Å². The summed E-state index contributed by atoms with van der Waals surface area (Å²) in [4.78, 5) is 38.5. The Kier molecular flexibility index (Phi) is 4.41. The number of carboxylic acids is 1. The number of carboxylic acid groups (broad SMARTS) is 1. The predicted octanol–water partition coefficient (Wildman–Crippen LogP) is 1.67. The molecule has 1 saturated carbocycles. The molecular weight excluding hydrogens is 352 g/mol. The third kappa shape index (κ3) is 3.20. The minimum atomic E-state index is -1.20. The monoisotopic (exact) mass is 374 g/mol. The van der Waals surface area contributed by atoms with Gasteiger partial charge in [0.25, 0.3) is 0 Å². The van der Waals surface area contributed by atoms with Gasteiger partial charge in [0.05, 0.1) is 5.92 Å². The summed E-state index contributed by atoms with van der Waals surface area (Å²) in [5.74, 6) is -0.896. The molecule has 1 saturated heterocycles. The highest BCUT2D eigenvalue weighted by atomic mass is 16.7. The Hall–Kier alpha value is -2.77. The largest absolute Gasteiger partial charge is 0.480 e. The molecule has 2 fully saturated rings. The Morgan fingerprint density at radius 1 is 1.15 bits per heavy atom. The van der Waals surface area contributed by atoms with E-state index >= 15 is 0 Å². The number of carbonyl (C=O) groups excluding carboxylic acids is 2. The molecule has 0 bridgehead atoms. The van der Waals surface area contributed by atoms with E-state index in [2.05, 4.69) is 5.32 Å². The van der Waals surface area contributed by atoms with Gasteiger partial charge in [-0.05, 0) is 25.0 Å². The summed E-state index contributed by atoms with van der Waals surface area (Å²) in [5, 5.41) is 12.4. The number of nitrogens with one attached hydrogen (secondary N) is 1. The van der Waals surface area contributed by atoms with Crippen LogP contribution >= 0.6 is 0 Å². The highest BCUT2D eigenvalue weighted by Crippen LogP contribution is 2.37. The number of carbonyl (C=O) groups is 3. The third-order valence-electron chi connectivity index (χ3n) is 5.64. The molecule has 4 rings (SSSR count). The van der Waals surface area contributed by atoms with Gasteiger partial charge < -0.3 is 24.8 Å². The second kappa shape index (κ2) is 6.75. The van der Waals surface area contributed by atoms with Crippen molar-refractivity contribution in [1.29, 1.82) is 0 Å². The molecule has 0 radical (unpaired) electrons. The van der Waals surface area contributed by atoms with Gasteiger partial charge in [0.2, 0.25) is 18.6 Å². The zero-order chi connectivity index (χ0) is 19.0. The first-order valence-corrected chi connectivity index (χ1v) is 9.24. The molecular formula is C19H22N2O6. The van der Waals surface area contributed by atoms with Crippen molar-refractivity contribution < 1.29 is 29.0 Å². The first kappa shape index (κ1) is 17.6. The summed E-state index contributed by atoms with van der Waals surface area (Å²) in [6.07, 6.45) is 3.46. The summed E-state index contributed by atoms with van der Waals surface area (Å²) in [5.41, 5.74) is -0.560. The molecule has 8 nitrogen and oxygen atoms in total. The summed E-state index contributed by atoms with van der Waals surface area (Å²) in [6.45, 7) is 0.370. The molecule has 3 aliphatic rings. The Bertz CT molecular complexity index is 786. The molecule has 2 aliphatic heterocycles. The van der Waals surface area contributed by atoms with Crippen molar-refractivity contribution in [2.75, 3.05) is 18.2 Å². The maximum atomic E-state index is 12.7. The number of ether oxygens (including phenoxy) is 2. The molecule has 2 N–H and O–H groups in total. The molecule has 1 aliphatic carbocycles. The number of rotatable bonds is 4. The minimum absolute atomic E-state index is 0.0655. The van der Waals surface area contributed by atoms with Gasteiger partial charge in [0.1, 0.15) is 5.54 Å². The van der Waals surface area contributed by atoms with Crippen LogP contribution in [-0.4, -0.2) is 41.8 Å². The molecule has 0 unspecified atom stereocenters. The fourth-order valence-electron chi connectivity index (χ4n) is 4.07. The van der Waals surface area contributed by atoms with E-state index in [1.165, 1.54) is 0 Å². The molecule has 2 amide bonds. The van der Waals surface area contributed by atoms with E-state index in [1.54, 1.807) is 23.1 Å². The van der Waals surface area contributed by atoms with Gasteiger partial charge in [-0.25, -0.2) is 4.79 Å². The molecule has 144 valence electrons. The SMILES string of the molecule is O=C(NC1(C(=O)O)CCCCC1)[C@@H]1CC(=O)N(c2ccc3c(c2)OCO3)C1. The van der Waals surface area contributed by atoms with Crippen LogP contribution in [0.3, 0.4) is 0 Å². The van der Waals surface area contributed by atoms with Crippen LogP contribution in [0.1, 0.15) is 38.5 Å². The predicted molar refractivity (Wildman–Crippen MR) is 94.6 cm³/mol. The van der Waals surface area contributed by atoms with E-state index < -0.39 is 17.4 Å². The van der Waals surface area contributed by atoms with E-state index in [-0.39, 0.29) is 31.6 Å². The van der Waals surface area contributed by atoms with Crippen molar-refractivity contribution in [3.63, 3.8) is 0 Å². The lowest BCUT2D eigenvalue weighted by molar-refractivity contribution is -0.149. The first-order valence-electron chi connectivity index (χ1n) is 9.24. The summed E-state index contributed by atoms with van der Waals surface area (Å²) >= 11 is 0. The van der Waals surface area contributed by atoms with E-state index in [0.29, 0.717) is 30.0 Å². The fourth-order valence-corrected chi connectivity index (χ4v) is 4.07. The maximum absolute atomic E-state index is 12.7. The lowest BCUT2D eigenvalue weighted by Gasteiger charge is -2.34. The summed E-state index contributed by atoms with van der Waals surface area (Å²) < 4.78 is 10.6. The lowest BCUT2D eigenvalue weighted by atomic mass is 9.81. The van der Waals surface area contributed by atoms with Crippen LogP contribution in [0.15, 0.2) is 18.2 Å². The standard InChI is InChI=1S/C19H22N2O6/c22-16-8-12(17(23)20-19(18(24)25)6-2-1-3-7-19)10-21(16)13-4-5-14-15(9-13)27-11-26-14/h4-5,9,12H,1-3,6-8,10-11H2,(H,20,23)(H,24,25)/t12-/m1/s1. The van der Waals surface area contributed by atoms with Gasteiger partial charge in [-0.1, -0.05) is 19.3 Å². The molecule has 8 heteroatoms. The number of anilines is 1.